The molecular weight excluding hydrogens is 342 g/mol. The fourth-order valence-electron chi connectivity index (χ4n) is 3.76. The molecule has 0 radical (unpaired) electrons. The van der Waals surface area contributed by atoms with E-state index in [-0.39, 0.29) is 12.2 Å². The standard InChI is InChI=1S/C20H41N5O2/c1-4-21-20(22-8-5-9-24-10-6-18(26)7-11-24)23-14-19-16-25(12-13-27-19)15-17(2)3/h17-19,26H,4-16H2,1-3H3,(H2,21,22,23). The molecule has 2 saturated heterocycles. The number of hydrogen-bond donors (Lipinski definition) is 3. The Hall–Kier alpha value is -0.890. The molecule has 0 saturated carbocycles. The molecular formula is C20H41N5O2. The summed E-state index contributed by atoms with van der Waals surface area (Å²) < 4.78 is 5.90. The molecule has 2 aliphatic heterocycles. The van der Waals surface area contributed by atoms with Gasteiger partial charge in [0, 0.05) is 45.8 Å². The van der Waals surface area contributed by atoms with Crippen LogP contribution in [0.15, 0.2) is 4.99 Å². The third-order valence-corrected chi connectivity index (χ3v) is 5.14. The van der Waals surface area contributed by atoms with Crippen LogP contribution in [0.1, 0.15) is 40.0 Å². The number of nitrogens with one attached hydrogen (secondary N) is 2. The average molecular weight is 384 g/mol. The van der Waals surface area contributed by atoms with E-state index < -0.39 is 0 Å². The molecule has 0 aromatic rings. The van der Waals surface area contributed by atoms with Gasteiger partial charge in [-0.05, 0) is 38.6 Å². The van der Waals surface area contributed by atoms with Gasteiger partial charge in [-0.2, -0.15) is 0 Å². The number of rotatable bonds is 9. The quantitative estimate of drug-likeness (QED) is 0.310. The second-order valence-electron chi connectivity index (χ2n) is 8.22. The highest BCUT2D eigenvalue weighted by Crippen LogP contribution is 2.10. The summed E-state index contributed by atoms with van der Waals surface area (Å²) in [5.74, 6) is 1.57. The Morgan fingerprint density at radius 3 is 2.67 bits per heavy atom. The van der Waals surface area contributed by atoms with Crippen molar-refractivity contribution in [2.45, 2.75) is 52.2 Å². The van der Waals surface area contributed by atoms with Gasteiger partial charge in [-0.15, -0.1) is 0 Å². The zero-order valence-electron chi connectivity index (χ0n) is 17.6. The fourth-order valence-corrected chi connectivity index (χ4v) is 3.76. The van der Waals surface area contributed by atoms with Crippen LogP contribution in [-0.4, -0.2) is 98.6 Å². The Labute approximate surface area is 165 Å². The summed E-state index contributed by atoms with van der Waals surface area (Å²) >= 11 is 0. The lowest BCUT2D eigenvalue weighted by molar-refractivity contribution is -0.0261. The van der Waals surface area contributed by atoms with Crippen LogP contribution in [0.2, 0.25) is 0 Å². The Morgan fingerprint density at radius 1 is 1.19 bits per heavy atom. The minimum Gasteiger partial charge on any atom is -0.393 e. The van der Waals surface area contributed by atoms with Crippen LogP contribution < -0.4 is 10.6 Å². The van der Waals surface area contributed by atoms with E-state index >= 15 is 0 Å². The van der Waals surface area contributed by atoms with E-state index in [0.29, 0.717) is 12.5 Å². The Balaban J connectivity index is 1.67. The molecule has 2 rings (SSSR count). The van der Waals surface area contributed by atoms with E-state index in [4.69, 9.17) is 9.73 Å². The molecule has 0 aromatic heterocycles. The number of hydrogen-bond acceptors (Lipinski definition) is 5. The van der Waals surface area contributed by atoms with Crippen molar-refractivity contribution in [1.29, 1.82) is 0 Å². The first kappa shape index (κ1) is 22.4. The lowest BCUT2D eigenvalue weighted by Crippen LogP contribution is -2.46. The normalized spacial score (nSPS) is 23.7. The molecule has 0 amide bonds. The summed E-state index contributed by atoms with van der Waals surface area (Å²) in [5, 5.41) is 16.4. The first-order chi connectivity index (χ1) is 13.1. The molecule has 2 aliphatic rings. The Bertz CT molecular complexity index is 425. The first-order valence-electron chi connectivity index (χ1n) is 10.8. The van der Waals surface area contributed by atoms with Crippen molar-refractivity contribution in [3.8, 4) is 0 Å². The van der Waals surface area contributed by atoms with E-state index in [1.54, 1.807) is 0 Å². The van der Waals surface area contributed by atoms with Crippen molar-refractivity contribution in [3.05, 3.63) is 0 Å². The van der Waals surface area contributed by atoms with Gasteiger partial charge in [0.05, 0.1) is 25.4 Å². The molecule has 2 fully saturated rings. The molecule has 0 aromatic carbocycles. The van der Waals surface area contributed by atoms with Crippen LogP contribution in [0.3, 0.4) is 0 Å². The van der Waals surface area contributed by atoms with Gasteiger partial charge < -0.3 is 25.4 Å². The highest BCUT2D eigenvalue weighted by atomic mass is 16.5. The largest absolute Gasteiger partial charge is 0.393 e. The molecule has 1 atom stereocenters. The van der Waals surface area contributed by atoms with Gasteiger partial charge in [0.1, 0.15) is 0 Å². The number of morpholine rings is 1. The van der Waals surface area contributed by atoms with Gasteiger partial charge in [0.15, 0.2) is 5.96 Å². The molecule has 0 bridgehead atoms. The highest BCUT2D eigenvalue weighted by Gasteiger charge is 2.21. The van der Waals surface area contributed by atoms with Crippen LogP contribution in [0, 0.1) is 5.92 Å². The zero-order valence-corrected chi connectivity index (χ0v) is 17.6. The van der Waals surface area contributed by atoms with Gasteiger partial charge in [-0.3, -0.25) is 9.89 Å². The van der Waals surface area contributed by atoms with Gasteiger partial charge in [0.2, 0.25) is 0 Å². The second-order valence-corrected chi connectivity index (χ2v) is 8.22. The van der Waals surface area contributed by atoms with E-state index in [9.17, 15) is 5.11 Å². The second kappa shape index (κ2) is 12.5. The number of aliphatic hydroxyl groups is 1. The van der Waals surface area contributed by atoms with Crippen molar-refractivity contribution >= 4 is 5.96 Å². The molecule has 1 unspecified atom stereocenters. The van der Waals surface area contributed by atoms with Gasteiger partial charge in [-0.1, -0.05) is 13.8 Å². The smallest absolute Gasteiger partial charge is 0.191 e. The number of ether oxygens (including phenoxy) is 1. The molecule has 7 heteroatoms. The Kier molecular flexibility index (Phi) is 10.4. The minimum absolute atomic E-state index is 0.0923. The Morgan fingerprint density at radius 2 is 1.96 bits per heavy atom. The minimum atomic E-state index is -0.0923. The monoisotopic (exact) mass is 383 g/mol. The van der Waals surface area contributed by atoms with Crippen molar-refractivity contribution in [1.82, 2.24) is 20.4 Å². The molecule has 2 heterocycles. The number of likely N-dealkylation sites (tertiary alicyclic amines) is 1. The third kappa shape index (κ3) is 9.23. The van der Waals surface area contributed by atoms with Crippen molar-refractivity contribution in [2.75, 3.05) is 65.5 Å². The predicted molar refractivity (Wildman–Crippen MR) is 111 cm³/mol. The predicted octanol–water partition coefficient (Wildman–Crippen LogP) is 0.745. The molecule has 3 N–H and O–H groups in total. The molecule has 158 valence electrons. The van der Waals surface area contributed by atoms with Crippen molar-refractivity contribution < 1.29 is 9.84 Å². The summed E-state index contributed by atoms with van der Waals surface area (Å²) in [6.07, 6.45) is 3.00. The SMILES string of the molecule is CCNC(=NCC1CN(CC(C)C)CCO1)NCCCN1CCC(O)CC1. The molecule has 0 aliphatic carbocycles. The van der Waals surface area contributed by atoms with Crippen LogP contribution in [0.25, 0.3) is 0 Å². The lowest BCUT2D eigenvalue weighted by atomic mass is 10.1. The summed E-state index contributed by atoms with van der Waals surface area (Å²) in [4.78, 5) is 9.67. The maximum atomic E-state index is 9.58. The lowest BCUT2D eigenvalue weighted by Gasteiger charge is -2.33. The van der Waals surface area contributed by atoms with Crippen molar-refractivity contribution in [3.63, 3.8) is 0 Å². The average Bonchev–Trinajstić information content (AvgIpc) is 2.64. The molecule has 7 nitrogen and oxygen atoms in total. The number of piperidine rings is 1. The van der Waals surface area contributed by atoms with E-state index in [1.807, 2.05) is 0 Å². The van der Waals surface area contributed by atoms with Gasteiger partial charge >= 0.3 is 0 Å². The first-order valence-corrected chi connectivity index (χ1v) is 10.8. The van der Waals surface area contributed by atoms with Gasteiger partial charge in [0.25, 0.3) is 0 Å². The zero-order chi connectivity index (χ0) is 19.5. The maximum absolute atomic E-state index is 9.58. The summed E-state index contributed by atoms with van der Waals surface area (Å²) in [5.41, 5.74) is 0. The topological polar surface area (TPSA) is 72.4 Å². The number of aliphatic hydroxyl groups excluding tert-OH is 1. The highest BCUT2D eigenvalue weighted by molar-refractivity contribution is 5.79. The number of guanidine groups is 1. The third-order valence-electron chi connectivity index (χ3n) is 5.14. The summed E-state index contributed by atoms with van der Waals surface area (Å²) in [6, 6.07) is 0. The molecule has 27 heavy (non-hydrogen) atoms. The van der Waals surface area contributed by atoms with E-state index in [1.165, 1.54) is 0 Å². The van der Waals surface area contributed by atoms with Crippen molar-refractivity contribution in [2.24, 2.45) is 10.9 Å². The molecule has 0 spiro atoms. The number of nitrogens with zero attached hydrogens (tertiary/aromatic N) is 3. The van der Waals surface area contributed by atoms with E-state index in [2.05, 4.69) is 41.2 Å². The van der Waals surface area contributed by atoms with Crippen LogP contribution >= 0.6 is 0 Å². The summed E-state index contributed by atoms with van der Waals surface area (Å²) in [7, 11) is 0. The number of aliphatic imine (C=N–C) groups is 1. The maximum Gasteiger partial charge on any atom is 0.191 e. The fraction of sp³-hybridized carbons (Fsp3) is 0.950. The summed E-state index contributed by atoms with van der Waals surface area (Å²) in [6.45, 7) is 16.2. The van der Waals surface area contributed by atoms with Crippen LogP contribution in [0.4, 0.5) is 0 Å². The van der Waals surface area contributed by atoms with E-state index in [0.717, 1.165) is 84.2 Å². The van der Waals surface area contributed by atoms with Crippen LogP contribution in [-0.2, 0) is 4.74 Å². The van der Waals surface area contributed by atoms with Crippen LogP contribution in [0.5, 0.6) is 0 Å². The van der Waals surface area contributed by atoms with Gasteiger partial charge in [-0.25, -0.2) is 0 Å².